The number of esters is 2. The molecule has 0 N–H and O–H groups in total. The molecule has 8 nitrogen and oxygen atoms in total. The average Bonchev–Trinajstić information content (AvgIpc) is 3.65. The smallest absolute Gasteiger partial charge is 0.380 e. The number of hydrogen-bond acceptors (Lipinski definition) is 10. The Kier molecular flexibility index (Phi) is 14.0. The van der Waals surface area contributed by atoms with Gasteiger partial charge in [-0.15, -0.1) is 22.7 Å². The Balaban J connectivity index is 1.64. The SMILES string of the molecule is C=C(C)C(=O)OCCOCCOCc1cc(C2=C(c3cc(COCCOCCOC(=O)C(=C)C)sc3C)C(F)(F)C(F)(F)C2(F)F)cs1. The molecule has 0 saturated heterocycles. The van der Waals surface area contributed by atoms with E-state index in [1.54, 1.807) is 0 Å². The van der Waals surface area contributed by atoms with Gasteiger partial charge in [0.2, 0.25) is 0 Å². The highest BCUT2D eigenvalue weighted by Gasteiger charge is 2.80. The number of ether oxygens (including phenoxy) is 6. The fraction of sp³-hybridized carbons (Fsp3) is 0.500. The first kappa shape index (κ1) is 39.4. The van der Waals surface area contributed by atoms with Crippen LogP contribution in [0.4, 0.5) is 26.3 Å². The summed E-state index contributed by atoms with van der Waals surface area (Å²) in [5.41, 5.74) is -3.26. The average molecular weight is 727 g/mol. The molecule has 0 aromatic carbocycles. The molecule has 48 heavy (non-hydrogen) atoms. The van der Waals surface area contributed by atoms with Crippen LogP contribution in [-0.2, 0) is 51.2 Å². The fourth-order valence-electron chi connectivity index (χ4n) is 4.32. The lowest BCUT2D eigenvalue weighted by Gasteiger charge is -2.25. The number of allylic oxidation sites excluding steroid dienone is 2. The van der Waals surface area contributed by atoms with E-state index >= 15 is 17.6 Å². The molecule has 0 radical (unpaired) electrons. The molecule has 0 atom stereocenters. The molecule has 0 amide bonds. The van der Waals surface area contributed by atoms with Crippen LogP contribution < -0.4 is 0 Å². The summed E-state index contributed by atoms with van der Waals surface area (Å²) >= 11 is 1.86. The first-order chi connectivity index (χ1) is 22.5. The van der Waals surface area contributed by atoms with Crippen LogP contribution >= 0.6 is 22.7 Å². The third-order valence-corrected chi connectivity index (χ3v) is 8.63. The molecule has 16 heteroatoms. The van der Waals surface area contributed by atoms with Crippen molar-refractivity contribution in [1.82, 2.24) is 0 Å². The molecule has 1 aliphatic rings. The zero-order chi connectivity index (χ0) is 35.7. The second-order valence-corrected chi connectivity index (χ2v) is 13.0. The Hall–Kier alpha value is -3.02. The Morgan fingerprint density at radius 2 is 1.15 bits per heavy atom. The van der Waals surface area contributed by atoms with E-state index in [2.05, 4.69) is 13.2 Å². The van der Waals surface area contributed by atoms with Crippen LogP contribution in [0.5, 0.6) is 0 Å². The van der Waals surface area contributed by atoms with Gasteiger partial charge in [-0.3, -0.25) is 0 Å². The van der Waals surface area contributed by atoms with Crippen molar-refractivity contribution in [1.29, 1.82) is 0 Å². The summed E-state index contributed by atoms with van der Waals surface area (Å²) in [6, 6.07) is 2.29. The number of carbonyl (C=O) groups is 2. The topological polar surface area (TPSA) is 89.5 Å². The number of hydrogen-bond donors (Lipinski definition) is 0. The molecule has 0 saturated carbocycles. The highest BCUT2D eigenvalue weighted by atomic mass is 32.1. The van der Waals surface area contributed by atoms with E-state index in [-0.39, 0.29) is 82.1 Å². The lowest BCUT2D eigenvalue weighted by molar-refractivity contribution is -0.254. The van der Waals surface area contributed by atoms with E-state index in [1.165, 1.54) is 20.8 Å². The molecule has 0 bridgehead atoms. The summed E-state index contributed by atoms with van der Waals surface area (Å²) in [5.74, 6) is -17.1. The molecule has 0 aliphatic heterocycles. The van der Waals surface area contributed by atoms with E-state index < -0.39 is 52.0 Å². The quantitative estimate of drug-likeness (QED) is 0.0611. The van der Waals surface area contributed by atoms with Gasteiger partial charge in [0.1, 0.15) is 13.2 Å². The third-order valence-electron chi connectivity index (χ3n) is 6.70. The molecular formula is C32H36F6O8S2. The predicted molar refractivity (Wildman–Crippen MR) is 168 cm³/mol. The van der Waals surface area contributed by atoms with Gasteiger partial charge in [0.05, 0.1) is 52.9 Å². The minimum absolute atomic E-state index is 0.00544. The minimum atomic E-state index is -5.68. The van der Waals surface area contributed by atoms with Crippen LogP contribution in [0.2, 0.25) is 0 Å². The first-order valence-corrected chi connectivity index (χ1v) is 16.2. The third kappa shape index (κ3) is 9.36. The van der Waals surface area contributed by atoms with E-state index in [0.717, 1.165) is 40.2 Å². The molecule has 0 fully saturated rings. The number of alkyl halides is 6. The number of halogens is 6. The second-order valence-electron chi connectivity index (χ2n) is 10.6. The van der Waals surface area contributed by atoms with Gasteiger partial charge in [0.15, 0.2) is 0 Å². The number of rotatable bonds is 20. The molecule has 0 spiro atoms. The van der Waals surface area contributed by atoms with Crippen molar-refractivity contribution in [3.05, 3.63) is 67.6 Å². The fourth-order valence-corrected chi connectivity index (χ4v) is 6.12. The minimum Gasteiger partial charge on any atom is -0.460 e. The van der Waals surface area contributed by atoms with Gasteiger partial charge in [-0.05, 0) is 49.4 Å². The molecule has 2 heterocycles. The predicted octanol–water partition coefficient (Wildman–Crippen LogP) is 7.25. The Labute approximate surface area is 281 Å². The monoisotopic (exact) mass is 726 g/mol. The van der Waals surface area contributed by atoms with Crippen LogP contribution in [0.3, 0.4) is 0 Å². The molecule has 3 rings (SSSR count). The summed E-state index contributed by atoms with van der Waals surface area (Å²) in [7, 11) is 0. The largest absolute Gasteiger partial charge is 0.460 e. The molecule has 2 aromatic heterocycles. The van der Waals surface area contributed by atoms with E-state index in [4.69, 9.17) is 28.4 Å². The van der Waals surface area contributed by atoms with Crippen LogP contribution in [0, 0.1) is 6.92 Å². The zero-order valence-electron chi connectivity index (χ0n) is 26.6. The van der Waals surface area contributed by atoms with Crippen molar-refractivity contribution >= 4 is 45.8 Å². The van der Waals surface area contributed by atoms with Crippen LogP contribution in [-0.4, -0.2) is 82.6 Å². The Bertz CT molecular complexity index is 1500. The second kappa shape index (κ2) is 17.1. The maximum atomic E-state index is 15.3. The van der Waals surface area contributed by atoms with Crippen LogP contribution in [0.1, 0.15) is 39.6 Å². The summed E-state index contributed by atoms with van der Waals surface area (Å²) in [4.78, 5) is 23.5. The van der Waals surface area contributed by atoms with Gasteiger partial charge in [-0.2, -0.15) is 26.3 Å². The first-order valence-electron chi connectivity index (χ1n) is 14.5. The standard InChI is InChI=1S/C32H36F6O8S2/c1-19(2)28(39)45-12-10-41-6-8-43-16-23-14-22(18-47-23)26-27(31(35,36)32(37,38)30(26,33)34)25-15-24(48-21(25)5)17-44-9-7-42-11-13-46-29(40)20(3)4/h14-15,18H,1,3,6-13,16-17H2,2,4-5H3. The van der Waals surface area contributed by atoms with E-state index in [0.29, 0.717) is 9.75 Å². The van der Waals surface area contributed by atoms with E-state index in [9.17, 15) is 18.4 Å². The highest BCUT2D eigenvalue weighted by Crippen LogP contribution is 2.65. The summed E-state index contributed by atoms with van der Waals surface area (Å²) in [6.07, 6.45) is 0. The Morgan fingerprint density at radius 3 is 1.67 bits per heavy atom. The van der Waals surface area contributed by atoms with E-state index in [1.807, 2.05) is 0 Å². The summed E-state index contributed by atoms with van der Waals surface area (Å²) in [5, 5.41) is 1.12. The maximum absolute atomic E-state index is 15.3. The van der Waals surface area contributed by atoms with Crippen molar-refractivity contribution in [3.8, 4) is 0 Å². The number of carbonyl (C=O) groups excluding carboxylic acids is 2. The van der Waals surface area contributed by atoms with Crippen molar-refractivity contribution in [2.24, 2.45) is 0 Å². The molecule has 266 valence electrons. The zero-order valence-corrected chi connectivity index (χ0v) is 28.2. The lowest BCUT2D eigenvalue weighted by Crippen LogP contribution is -2.48. The van der Waals surface area contributed by atoms with Crippen molar-refractivity contribution in [3.63, 3.8) is 0 Å². The van der Waals surface area contributed by atoms with Gasteiger partial charge >= 0.3 is 29.7 Å². The highest BCUT2D eigenvalue weighted by molar-refractivity contribution is 7.12. The lowest BCUT2D eigenvalue weighted by atomic mass is 9.96. The number of thiophene rings is 2. The van der Waals surface area contributed by atoms with Crippen molar-refractivity contribution in [2.45, 2.75) is 51.8 Å². The molecule has 2 aromatic rings. The summed E-state index contributed by atoms with van der Waals surface area (Å²) < 4.78 is 122. The van der Waals surface area contributed by atoms with Gasteiger partial charge in [0.25, 0.3) is 0 Å². The van der Waals surface area contributed by atoms with Crippen LogP contribution in [0.15, 0.2) is 41.8 Å². The normalized spacial score (nSPS) is 16.3. The molecular weight excluding hydrogens is 690 g/mol. The Morgan fingerprint density at radius 1 is 0.688 bits per heavy atom. The van der Waals surface area contributed by atoms with Gasteiger partial charge < -0.3 is 28.4 Å². The summed E-state index contributed by atoms with van der Waals surface area (Å²) in [6.45, 7) is 11.6. The van der Waals surface area contributed by atoms with Crippen molar-refractivity contribution < 1.29 is 64.4 Å². The van der Waals surface area contributed by atoms with Crippen LogP contribution in [0.25, 0.3) is 11.1 Å². The molecule has 0 unspecified atom stereocenters. The molecule has 1 aliphatic carbocycles. The number of aryl methyl sites for hydroxylation is 1. The van der Waals surface area contributed by atoms with Gasteiger partial charge in [0, 0.05) is 36.9 Å². The van der Waals surface area contributed by atoms with Crippen molar-refractivity contribution in [2.75, 3.05) is 52.9 Å². The van der Waals surface area contributed by atoms with Gasteiger partial charge in [-0.25, -0.2) is 9.59 Å². The van der Waals surface area contributed by atoms with Gasteiger partial charge in [-0.1, -0.05) is 13.2 Å². The maximum Gasteiger partial charge on any atom is 0.380 e.